The number of aryl methyl sites for hydroxylation is 1. The van der Waals surface area contributed by atoms with Crippen molar-refractivity contribution < 1.29 is 9.53 Å². The zero-order valence-electron chi connectivity index (χ0n) is 11.6. The molecule has 0 saturated heterocycles. The molecule has 0 aromatic heterocycles. The summed E-state index contributed by atoms with van der Waals surface area (Å²) in [5.41, 5.74) is 1.39. The van der Waals surface area contributed by atoms with E-state index in [0.717, 1.165) is 5.56 Å². The van der Waals surface area contributed by atoms with Crippen LogP contribution in [-0.4, -0.2) is 17.4 Å². The quantitative estimate of drug-likeness (QED) is 0.631. The maximum atomic E-state index is 11.7. The summed E-state index contributed by atoms with van der Waals surface area (Å²) in [7, 11) is 0. The van der Waals surface area contributed by atoms with Gasteiger partial charge in [-0.25, -0.2) is 4.79 Å². The second-order valence-electron chi connectivity index (χ2n) is 5.20. The van der Waals surface area contributed by atoms with Gasteiger partial charge in [-0.05, 0) is 39.8 Å². The number of ether oxygens (including phenoxy) is 1. The van der Waals surface area contributed by atoms with Gasteiger partial charge < -0.3 is 4.74 Å². The van der Waals surface area contributed by atoms with Crippen LogP contribution >= 0.6 is 0 Å². The number of amides is 1. The molecule has 0 aliphatic heterocycles. The average molecular weight is 258 g/mol. The van der Waals surface area contributed by atoms with E-state index in [-0.39, 0.29) is 5.71 Å². The van der Waals surface area contributed by atoms with E-state index < -0.39 is 11.7 Å². The van der Waals surface area contributed by atoms with Crippen LogP contribution in [0.2, 0.25) is 0 Å². The van der Waals surface area contributed by atoms with Gasteiger partial charge in [0.25, 0.3) is 0 Å². The van der Waals surface area contributed by atoms with Crippen LogP contribution in [0.1, 0.15) is 31.9 Å². The third-order valence-corrected chi connectivity index (χ3v) is 2.22. The van der Waals surface area contributed by atoms with Gasteiger partial charge in [0.05, 0.1) is 5.69 Å². The smallest absolute Gasteiger partial charge is 0.412 e. The Kier molecular flexibility index (Phi) is 4.34. The number of hydrogen-bond acceptors (Lipinski definition) is 3. The van der Waals surface area contributed by atoms with Gasteiger partial charge in [0, 0.05) is 5.56 Å². The van der Waals surface area contributed by atoms with Crippen molar-refractivity contribution in [3.8, 4) is 12.3 Å². The lowest BCUT2D eigenvalue weighted by atomic mass is 10.1. The number of rotatable bonds is 2. The normalized spacial score (nSPS) is 10.5. The largest absolute Gasteiger partial charge is 0.444 e. The zero-order valence-corrected chi connectivity index (χ0v) is 11.6. The highest BCUT2D eigenvalue weighted by atomic mass is 16.6. The highest BCUT2D eigenvalue weighted by molar-refractivity contribution is 6.15. The first-order valence-electron chi connectivity index (χ1n) is 5.89. The summed E-state index contributed by atoms with van der Waals surface area (Å²) >= 11 is 0. The van der Waals surface area contributed by atoms with Gasteiger partial charge in [-0.2, -0.15) is 0 Å². The molecule has 0 aliphatic rings. The van der Waals surface area contributed by atoms with Crippen LogP contribution in [-0.2, 0) is 4.74 Å². The van der Waals surface area contributed by atoms with E-state index >= 15 is 0 Å². The summed E-state index contributed by atoms with van der Waals surface area (Å²) in [6.07, 6.45) is 4.67. The zero-order chi connectivity index (χ0) is 14.6. The van der Waals surface area contributed by atoms with Crippen molar-refractivity contribution in [2.75, 3.05) is 5.32 Å². The fourth-order valence-corrected chi connectivity index (χ4v) is 1.47. The second-order valence-corrected chi connectivity index (χ2v) is 5.20. The van der Waals surface area contributed by atoms with Gasteiger partial charge in [-0.1, -0.05) is 17.6 Å². The topological polar surface area (TPSA) is 62.2 Å². The summed E-state index contributed by atoms with van der Waals surface area (Å²) in [5.74, 6) is 2.26. The first kappa shape index (κ1) is 14.8. The van der Waals surface area contributed by atoms with E-state index in [2.05, 4.69) is 11.2 Å². The first-order valence-corrected chi connectivity index (χ1v) is 5.89. The Labute approximate surface area is 113 Å². The molecule has 0 bridgehead atoms. The molecule has 0 saturated carbocycles. The Bertz CT molecular complexity index is 548. The van der Waals surface area contributed by atoms with E-state index in [4.69, 9.17) is 16.6 Å². The maximum absolute atomic E-state index is 11.7. The van der Waals surface area contributed by atoms with Gasteiger partial charge in [0.15, 0.2) is 0 Å². The lowest BCUT2D eigenvalue weighted by Crippen LogP contribution is -2.27. The van der Waals surface area contributed by atoms with E-state index in [1.165, 1.54) is 0 Å². The third kappa shape index (κ3) is 4.47. The highest BCUT2D eigenvalue weighted by Gasteiger charge is 2.17. The van der Waals surface area contributed by atoms with Gasteiger partial charge in [-0.3, -0.25) is 10.7 Å². The van der Waals surface area contributed by atoms with Gasteiger partial charge in [0.1, 0.15) is 11.3 Å². The molecule has 0 aliphatic carbocycles. The van der Waals surface area contributed by atoms with Crippen LogP contribution in [0.15, 0.2) is 18.2 Å². The van der Waals surface area contributed by atoms with Crippen LogP contribution in [0.3, 0.4) is 0 Å². The standard InChI is InChI=1S/C15H18N2O2/c1-6-12(16)11-9-10(2)7-8-13(11)17-14(18)19-15(3,4)5/h1,7-9,16H,2-5H3,(H,17,18). The monoisotopic (exact) mass is 258 g/mol. The van der Waals surface area contributed by atoms with Crippen LogP contribution < -0.4 is 5.32 Å². The Hall–Kier alpha value is -2.28. The van der Waals surface area contributed by atoms with Crippen molar-refractivity contribution in [3.05, 3.63) is 29.3 Å². The molecule has 0 radical (unpaired) electrons. The minimum atomic E-state index is -0.575. The van der Waals surface area contributed by atoms with E-state index in [0.29, 0.717) is 11.3 Å². The number of hydrogen-bond donors (Lipinski definition) is 2. The van der Waals surface area contributed by atoms with E-state index in [1.807, 2.05) is 13.0 Å². The molecule has 1 aromatic rings. The molecule has 4 heteroatoms. The summed E-state index contributed by atoms with van der Waals surface area (Å²) in [6, 6.07) is 5.30. The molecule has 0 unspecified atom stereocenters. The molecule has 0 fully saturated rings. The molecule has 1 rings (SSSR count). The molecule has 2 N–H and O–H groups in total. The molecule has 0 atom stereocenters. The van der Waals surface area contributed by atoms with Crippen molar-refractivity contribution in [3.63, 3.8) is 0 Å². The van der Waals surface area contributed by atoms with Crippen LogP contribution in [0.25, 0.3) is 0 Å². The third-order valence-electron chi connectivity index (χ3n) is 2.22. The number of terminal acetylenes is 1. The second kappa shape index (κ2) is 5.57. The summed E-state index contributed by atoms with van der Waals surface area (Å²) < 4.78 is 5.17. The van der Waals surface area contributed by atoms with Gasteiger partial charge >= 0.3 is 6.09 Å². The summed E-state index contributed by atoms with van der Waals surface area (Å²) in [4.78, 5) is 11.7. The number of anilines is 1. The van der Waals surface area contributed by atoms with Crippen LogP contribution in [0.4, 0.5) is 10.5 Å². The summed E-state index contributed by atoms with van der Waals surface area (Å²) in [5, 5.41) is 10.3. The predicted octanol–water partition coefficient (Wildman–Crippen LogP) is 3.34. The lowest BCUT2D eigenvalue weighted by molar-refractivity contribution is 0.0636. The number of carbonyl (C=O) groups is 1. The molecule has 0 heterocycles. The average Bonchev–Trinajstić information content (AvgIpc) is 2.28. The molecule has 1 amide bonds. The van der Waals surface area contributed by atoms with E-state index in [9.17, 15) is 4.79 Å². The highest BCUT2D eigenvalue weighted by Crippen LogP contribution is 2.19. The molecule has 1 aromatic carbocycles. The maximum Gasteiger partial charge on any atom is 0.412 e. The van der Waals surface area contributed by atoms with Crippen molar-refractivity contribution >= 4 is 17.5 Å². The minimum absolute atomic E-state index is 0.0229. The molecule has 100 valence electrons. The Balaban J connectivity index is 2.99. The molecule has 0 spiro atoms. The van der Waals surface area contributed by atoms with Crippen molar-refractivity contribution in [1.82, 2.24) is 0 Å². The molecular formula is C15H18N2O2. The Morgan fingerprint density at radius 2 is 2.05 bits per heavy atom. The Morgan fingerprint density at radius 3 is 2.58 bits per heavy atom. The van der Waals surface area contributed by atoms with Crippen LogP contribution in [0, 0.1) is 24.7 Å². The first-order chi connectivity index (χ1) is 8.73. The van der Waals surface area contributed by atoms with Crippen molar-refractivity contribution in [2.45, 2.75) is 33.3 Å². The number of carbonyl (C=O) groups excluding carboxylic acids is 1. The fraction of sp³-hybridized carbons (Fsp3) is 0.333. The molecular weight excluding hydrogens is 240 g/mol. The SMILES string of the molecule is C#CC(=N)c1cc(C)ccc1NC(=O)OC(C)(C)C. The minimum Gasteiger partial charge on any atom is -0.444 e. The summed E-state index contributed by atoms with van der Waals surface area (Å²) in [6.45, 7) is 7.24. The number of nitrogens with one attached hydrogen (secondary N) is 2. The molecule has 4 nitrogen and oxygen atoms in total. The van der Waals surface area contributed by atoms with Gasteiger partial charge in [0.2, 0.25) is 0 Å². The fourth-order valence-electron chi connectivity index (χ4n) is 1.47. The van der Waals surface area contributed by atoms with E-state index in [1.54, 1.807) is 32.9 Å². The number of benzene rings is 1. The van der Waals surface area contributed by atoms with Crippen molar-refractivity contribution in [2.24, 2.45) is 0 Å². The lowest BCUT2D eigenvalue weighted by Gasteiger charge is -2.20. The predicted molar refractivity (Wildman–Crippen MR) is 76.7 cm³/mol. The Morgan fingerprint density at radius 1 is 1.42 bits per heavy atom. The van der Waals surface area contributed by atoms with Crippen molar-refractivity contribution in [1.29, 1.82) is 5.41 Å². The van der Waals surface area contributed by atoms with Crippen LogP contribution in [0.5, 0.6) is 0 Å². The molecule has 19 heavy (non-hydrogen) atoms. The van der Waals surface area contributed by atoms with Gasteiger partial charge in [-0.15, -0.1) is 6.42 Å².